The van der Waals surface area contributed by atoms with Gasteiger partial charge < -0.3 is 0 Å². The fraction of sp³-hybridized carbons (Fsp3) is 0.143. The molecule has 19 heavy (non-hydrogen) atoms. The van der Waals surface area contributed by atoms with Crippen molar-refractivity contribution in [2.24, 2.45) is 5.84 Å². The minimum absolute atomic E-state index is 0.274. The van der Waals surface area contributed by atoms with E-state index in [-0.39, 0.29) is 12.5 Å². The van der Waals surface area contributed by atoms with Gasteiger partial charge in [-0.25, -0.2) is 8.78 Å². The summed E-state index contributed by atoms with van der Waals surface area (Å²) >= 11 is 3.34. The fourth-order valence-electron chi connectivity index (χ4n) is 1.89. The van der Waals surface area contributed by atoms with Crippen LogP contribution in [0.1, 0.15) is 17.2 Å². The third kappa shape index (κ3) is 3.37. The minimum Gasteiger partial charge on any atom is -0.271 e. The van der Waals surface area contributed by atoms with Crippen molar-refractivity contribution >= 4 is 15.9 Å². The number of hydrogen-bond donors (Lipinski definition) is 2. The van der Waals surface area contributed by atoms with Gasteiger partial charge in [0, 0.05) is 4.47 Å². The average Bonchev–Trinajstić information content (AvgIpc) is 2.42. The molecule has 3 N–H and O–H groups in total. The topological polar surface area (TPSA) is 38.0 Å². The van der Waals surface area contributed by atoms with E-state index >= 15 is 0 Å². The highest BCUT2D eigenvalue weighted by molar-refractivity contribution is 9.10. The van der Waals surface area contributed by atoms with Gasteiger partial charge in [-0.2, -0.15) is 0 Å². The predicted octanol–water partition coefficient (Wildman–Crippen LogP) is 3.47. The molecule has 0 aliphatic heterocycles. The fourth-order valence-corrected chi connectivity index (χ4v) is 2.16. The van der Waals surface area contributed by atoms with Crippen molar-refractivity contribution in [2.75, 3.05) is 0 Å². The van der Waals surface area contributed by atoms with Crippen molar-refractivity contribution in [2.45, 2.75) is 12.5 Å². The Labute approximate surface area is 118 Å². The van der Waals surface area contributed by atoms with Gasteiger partial charge in [-0.05, 0) is 35.7 Å². The van der Waals surface area contributed by atoms with E-state index in [9.17, 15) is 8.78 Å². The quantitative estimate of drug-likeness (QED) is 0.667. The molecule has 0 aliphatic carbocycles. The normalized spacial score (nSPS) is 12.4. The summed E-state index contributed by atoms with van der Waals surface area (Å²) < 4.78 is 27.7. The Bertz CT molecular complexity index is 558. The molecule has 1 atom stereocenters. The second kappa shape index (κ2) is 6.23. The van der Waals surface area contributed by atoms with Gasteiger partial charge in [0.2, 0.25) is 0 Å². The lowest BCUT2D eigenvalue weighted by Gasteiger charge is -2.17. The molecule has 100 valence electrons. The Balaban J connectivity index is 2.24. The van der Waals surface area contributed by atoms with Gasteiger partial charge in [-0.3, -0.25) is 11.3 Å². The SMILES string of the molecule is NNC(Cc1cccc(F)c1F)c1ccc(Br)cc1. The first-order chi connectivity index (χ1) is 9.11. The van der Waals surface area contributed by atoms with Crippen LogP contribution in [-0.2, 0) is 6.42 Å². The van der Waals surface area contributed by atoms with Crippen molar-refractivity contribution in [1.82, 2.24) is 5.43 Å². The van der Waals surface area contributed by atoms with Gasteiger partial charge in [0.25, 0.3) is 0 Å². The highest BCUT2D eigenvalue weighted by Gasteiger charge is 2.15. The van der Waals surface area contributed by atoms with E-state index in [2.05, 4.69) is 21.4 Å². The summed E-state index contributed by atoms with van der Waals surface area (Å²) in [6, 6.07) is 11.4. The van der Waals surface area contributed by atoms with Crippen LogP contribution in [0.2, 0.25) is 0 Å². The van der Waals surface area contributed by atoms with Gasteiger partial charge >= 0.3 is 0 Å². The molecule has 2 nitrogen and oxygen atoms in total. The molecule has 0 radical (unpaired) electrons. The second-order valence-electron chi connectivity index (χ2n) is 4.19. The zero-order valence-corrected chi connectivity index (χ0v) is 11.6. The summed E-state index contributed by atoms with van der Waals surface area (Å²) in [5.41, 5.74) is 3.84. The smallest absolute Gasteiger partial charge is 0.162 e. The van der Waals surface area contributed by atoms with Crippen molar-refractivity contribution < 1.29 is 8.78 Å². The number of nitrogens with two attached hydrogens (primary N) is 1. The van der Waals surface area contributed by atoms with E-state index in [0.717, 1.165) is 16.1 Å². The van der Waals surface area contributed by atoms with Crippen LogP contribution in [0.25, 0.3) is 0 Å². The summed E-state index contributed by atoms with van der Waals surface area (Å²) in [6.45, 7) is 0. The van der Waals surface area contributed by atoms with Crippen LogP contribution < -0.4 is 11.3 Å². The van der Waals surface area contributed by atoms with Gasteiger partial charge in [0.15, 0.2) is 11.6 Å². The number of hydrazine groups is 1. The molecule has 0 aromatic heterocycles. The third-order valence-electron chi connectivity index (χ3n) is 2.93. The second-order valence-corrected chi connectivity index (χ2v) is 5.10. The van der Waals surface area contributed by atoms with E-state index < -0.39 is 11.6 Å². The monoisotopic (exact) mass is 326 g/mol. The molecule has 2 rings (SSSR count). The molecule has 0 amide bonds. The molecule has 2 aromatic rings. The molecule has 0 bridgehead atoms. The third-order valence-corrected chi connectivity index (χ3v) is 3.46. The van der Waals surface area contributed by atoms with E-state index in [0.29, 0.717) is 5.56 Å². The first-order valence-corrected chi connectivity index (χ1v) is 6.55. The Hall–Kier alpha value is -1.30. The minimum atomic E-state index is -0.843. The molecule has 2 aromatic carbocycles. The van der Waals surface area contributed by atoms with Crippen LogP contribution in [0.5, 0.6) is 0 Å². The molecule has 0 saturated heterocycles. The standard InChI is InChI=1S/C14H13BrF2N2/c15-11-6-4-9(5-7-11)13(19-18)8-10-2-1-3-12(16)14(10)17/h1-7,13,19H,8,18H2. The molecule has 0 spiro atoms. The number of nitrogens with one attached hydrogen (secondary N) is 1. The summed E-state index contributed by atoms with van der Waals surface area (Å²) in [5, 5.41) is 0. The maximum atomic E-state index is 13.6. The van der Waals surface area contributed by atoms with Crippen LogP contribution in [-0.4, -0.2) is 0 Å². The van der Waals surface area contributed by atoms with Crippen LogP contribution in [0.15, 0.2) is 46.9 Å². The van der Waals surface area contributed by atoms with Crippen molar-refractivity contribution in [3.8, 4) is 0 Å². The Morgan fingerprint density at radius 2 is 1.79 bits per heavy atom. The summed E-state index contributed by atoms with van der Waals surface area (Å²) in [5.74, 6) is 3.84. The molecular formula is C14H13BrF2N2. The Kier molecular flexibility index (Phi) is 4.63. The zero-order chi connectivity index (χ0) is 13.8. The molecule has 0 fully saturated rings. The number of hydrogen-bond acceptors (Lipinski definition) is 2. The van der Waals surface area contributed by atoms with Crippen LogP contribution in [0.4, 0.5) is 8.78 Å². The number of halogens is 3. The molecular weight excluding hydrogens is 314 g/mol. The van der Waals surface area contributed by atoms with Crippen molar-refractivity contribution in [3.63, 3.8) is 0 Å². The highest BCUT2D eigenvalue weighted by Crippen LogP contribution is 2.22. The van der Waals surface area contributed by atoms with Crippen molar-refractivity contribution in [3.05, 3.63) is 69.7 Å². The highest BCUT2D eigenvalue weighted by atomic mass is 79.9. The van der Waals surface area contributed by atoms with Gasteiger partial charge in [0.05, 0.1) is 6.04 Å². The van der Waals surface area contributed by atoms with E-state index in [1.54, 1.807) is 6.07 Å². The van der Waals surface area contributed by atoms with Gasteiger partial charge in [-0.15, -0.1) is 0 Å². The van der Waals surface area contributed by atoms with Crippen LogP contribution >= 0.6 is 15.9 Å². The van der Waals surface area contributed by atoms with Crippen LogP contribution in [0.3, 0.4) is 0 Å². The summed E-state index contributed by atoms with van der Waals surface area (Å²) in [6.07, 6.45) is 0.279. The summed E-state index contributed by atoms with van der Waals surface area (Å²) in [4.78, 5) is 0. The first kappa shape index (κ1) is 14.1. The molecule has 5 heteroatoms. The van der Waals surface area contributed by atoms with Crippen molar-refractivity contribution in [1.29, 1.82) is 0 Å². The Morgan fingerprint density at radius 3 is 2.42 bits per heavy atom. The Morgan fingerprint density at radius 1 is 1.11 bits per heavy atom. The lowest BCUT2D eigenvalue weighted by atomic mass is 9.99. The van der Waals surface area contributed by atoms with E-state index in [1.807, 2.05) is 24.3 Å². The number of rotatable bonds is 4. The molecule has 1 unspecified atom stereocenters. The average molecular weight is 327 g/mol. The van der Waals surface area contributed by atoms with E-state index in [1.165, 1.54) is 6.07 Å². The zero-order valence-electron chi connectivity index (χ0n) is 10.0. The molecule has 0 aliphatic rings. The lowest BCUT2D eigenvalue weighted by molar-refractivity contribution is 0.481. The largest absolute Gasteiger partial charge is 0.271 e. The van der Waals surface area contributed by atoms with E-state index in [4.69, 9.17) is 5.84 Å². The molecule has 0 saturated carbocycles. The summed E-state index contributed by atoms with van der Waals surface area (Å²) in [7, 11) is 0. The first-order valence-electron chi connectivity index (χ1n) is 5.76. The maximum absolute atomic E-state index is 13.6. The number of benzene rings is 2. The lowest BCUT2D eigenvalue weighted by Crippen LogP contribution is -2.29. The maximum Gasteiger partial charge on any atom is 0.162 e. The predicted molar refractivity (Wildman–Crippen MR) is 74.3 cm³/mol. The molecule has 0 heterocycles. The van der Waals surface area contributed by atoms with Gasteiger partial charge in [-0.1, -0.05) is 40.2 Å². The van der Waals surface area contributed by atoms with Crippen LogP contribution in [0, 0.1) is 11.6 Å². The van der Waals surface area contributed by atoms with Gasteiger partial charge in [0.1, 0.15) is 0 Å².